The van der Waals surface area contributed by atoms with Crippen LogP contribution in [0.25, 0.3) is 0 Å². The summed E-state index contributed by atoms with van der Waals surface area (Å²) in [7, 11) is 0. The zero-order valence-electron chi connectivity index (χ0n) is 21.1. The van der Waals surface area contributed by atoms with Crippen LogP contribution >= 0.6 is 0 Å². The first-order valence-corrected chi connectivity index (χ1v) is 12.3. The van der Waals surface area contributed by atoms with Gasteiger partial charge in [0.15, 0.2) is 0 Å². The van der Waals surface area contributed by atoms with Gasteiger partial charge in [0.1, 0.15) is 11.3 Å². The molecule has 200 valence electrons. The topological polar surface area (TPSA) is 63.6 Å². The summed E-state index contributed by atoms with van der Waals surface area (Å²) in [5.41, 5.74) is -1.59. The Labute approximate surface area is 217 Å². The molecule has 0 radical (unpaired) electrons. The number of hydrogen-bond donors (Lipinski definition) is 1. The van der Waals surface area contributed by atoms with Gasteiger partial charge in [0.25, 0.3) is 0 Å². The number of allylic oxidation sites excluding steroid dienone is 12. The van der Waals surface area contributed by atoms with E-state index in [1.807, 2.05) is 18.2 Å². The van der Waals surface area contributed by atoms with Crippen LogP contribution in [0.15, 0.2) is 91.1 Å². The normalized spacial score (nSPS) is 12.9. The molecule has 0 aliphatic rings. The molecule has 0 heterocycles. The van der Waals surface area contributed by atoms with E-state index in [2.05, 4.69) is 55.5 Å². The monoisotopic (exact) mass is 516 g/mol. The smallest absolute Gasteiger partial charge is 0.416 e. The molecule has 0 amide bonds. The predicted octanol–water partition coefficient (Wildman–Crippen LogP) is 8.79. The van der Waals surface area contributed by atoms with Gasteiger partial charge in [-0.25, -0.2) is 4.79 Å². The Morgan fingerprint density at radius 2 is 1.24 bits per heavy atom. The van der Waals surface area contributed by atoms with Crippen molar-refractivity contribution in [1.82, 2.24) is 0 Å². The molecule has 1 N–H and O–H groups in total. The maximum Gasteiger partial charge on any atom is 0.416 e. The average molecular weight is 517 g/mol. The van der Waals surface area contributed by atoms with Crippen molar-refractivity contribution in [3.63, 3.8) is 0 Å². The molecule has 0 unspecified atom stereocenters. The van der Waals surface area contributed by atoms with Crippen LogP contribution in [0.2, 0.25) is 0 Å². The summed E-state index contributed by atoms with van der Waals surface area (Å²) in [5.74, 6) is -2.90. The minimum atomic E-state index is -4.68. The fourth-order valence-electron chi connectivity index (χ4n) is 2.97. The lowest BCUT2D eigenvalue weighted by atomic mass is 10.1. The Balaban J connectivity index is 2.26. The molecule has 0 aromatic heterocycles. The van der Waals surface area contributed by atoms with Crippen molar-refractivity contribution < 1.29 is 32.6 Å². The summed E-state index contributed by atoms with van der Waals surface area (Å²) < 4.78 is 43.5. The highest BCUT2D eigenvalue weighted by Crippen LogP contribution is 2.33. The Hall–Kier alpha value is -3.61. The van der Waals surface area contributed by atoms with Crippen molar-refractivity contribution in [2.24, 2.45) is 0 Å². The molecule has 0 aliphatic carbocycles. The van der Waals surface area contributed by atoms with Gasteiger partial charge in [-0.3, -0.25) is 4.79 Å². The second-order valence-corrected chi connectivity index (χ2v) is 7.94. The maximum atomic E-state index is 12.9. The zero-order valence-corrected chi connectivity index (χ0v) is 21.1. The molecule has 4 nitrogen and oxygen atoms in total. The molecule has 0 fully saturated rings. The minimum absolute atomic E-state index is 0.0858. The first kappa shape index (κ1) is 31.4. The fraction of sp³-hybridized carbons (Fsp3) is 0.333. The molecule has 1 rings (SSSR count). The Morgan fingerprint density at radius 1 is 0.784 bits per heavy atom. The molecule has 0 saturated heterocycles. The van der Waals surface area contributed by atoms with Crippen LogP contribution in [0, 0.1) is 0 Å². The van der Waals surface area contributed by atoms with Crippen molar-refractivity contribution in [3.8, 4) is 5.75 Å². The van der Waals surface area contributed by atoms with Gasteiger partial charge in [0, 0.05) is 6.42 Å². The summed E-state index contributed by atoms with van der Waals surface area (Å²) in [6, 6.07) is 1.94. The summed E-state index contributed by atoms with van der Waals surface area (Å²) in [5, 5.41) is 9.12. The van der Waals surface area contributed by atoms with Gasteiger partial charge in [-0.1, -0.05) is 79.8 Å². The van der Waals surface area contributed by atoms with E-state index in [0.717, 1.165) is 38.2 Å². The number of esters is 1. The SMILES string of the molecule is CCC=CCC=CCC=CCC=CCC=CCC=CCCC(=O)Oc1cc(C(F)(F)F)ccc1C(=O)O. The van der Waals surface area contributed by atoms with Crippen LogP contribution in [0.5, 0.6) is 5.75 Å². The van der Waals surface area contributed by atoms with Crippen molar-refractivity contribution in [3.05, 3.63) is 102 Å². The van der Waals surface area contributed by atoms with Crippen LogP contribution < -0.4 is 4.74 Å². The predicted molar refractivity (Wildman–Crippen MR) is 141 cm³/mol. The Kier molecular flexibility index (Phi) is 15.8. The van der Waals surface area contributed by atoms with Gasteiger partial charge in [0.05, 0.1) is 5.56 Å². The summed E-state index contributed by atoms with van der Waals surface area (Å²) in [4.78, 5) is 23.2. The lowest BCUT2D eigenvalue weighted by molar-refractivity contribution is -0.139. The Morgan fingerprint density at radius 3 is 1.68 bits per heavy atom. The molecule has 0 aliphatic heterocycles. The zero-order chi connectivity index (χ0) is 27.4. The maximum absolute atomic E-state index is 12.9. The van der Waals surface area contributed by atoms with Crippen LogP contribution in [-0.2, 0) is 11.0 Å². The summed E-state index contributed by atoms with van der Waals surface area (Å²) in [6.45, 7) is 2.12. The van der Waals surface area contributed by atoms with E-state index in [0.29, 0.717) is 25.0 Å². The molecule has 1 aromatic rings. The van der Waals surface area contributed by atoms with Crippen LogP contribution in [0.4, 0.5) is 13.2 Å². The van der Waals surface area contributed by atoms with Crippen LogP contribution in [0.3, 0.4) is 0 Å². The summed E-state index contributed by atoms with van der Waals surface area (Å²) >= 11 is 0. The fourth-order valence-corrected chi connectivity index (χ4v) is 2.97. The lowest BCUT2D eigenvalue weighted by Crippen LogP contribution is -2.13. The molecule has 0 saturated carbocycles. The number of benzene rings is 1. The number of ether oxygens (including phenoxy) is 1. The highest BCUT2D eigenvalue weighted by molar-refractivity contribution is 5.92. The van der Waals surface area contributed by atoms with Gasteiger partial charge in [-0.05, 0) is 63.1 Å². The van der Waals surface area contributed by atoms with Gasteiger partial charge in [-0.2, -0.15) is 13.2 Å². The number of carbonyl (C=O) groups excluding carboxylic acids is 1. The molecule has 0 bridgehead atoms. The average Bonchev–Trinajstić information content (AvgIpc) is 2.84. The van der Waals surface area contributed by atoms with E-state index in [-0.39, 0.29) is 6.42 Å². The molecule has 7 heteroatoms. The number of carboxylic acid groups (broad SMARTS) is 1. The van der Waals surface area contributed by atoms with Crippen molar-refractivity contribution in [1.29, 1.82) is 0 Å². The largest absolute Gasteiger partial charge is 0.478 e. The molecular formula is C30H35F3O4. The van der Waals surface area contributed by atoms with E-state index in [9.17, 15) is 22.8 Å². The first-order chi connectivity index (χ1) is 17.8. The van der Waals surface area contributed by atoms with E-state index in [1.54, 1.807) is 6.08 Å². The molecule has 37 heavy (non-hydrogen) atoms. The van der Waals surface area contributed by atoms with Gasteiger partial charge < -0.3 is 9.84 Å². The van der Waals surface area contributed by atoms with Crippen molar-refractivity contribution in [2.75, 3.05) is 0 Å². The van der Waals surface area contributed by atoms with Crippen molar-refractivity contribution >= 4 is 11.9 Å². The van der Waals surface area contributed by atoms with E-state index in [1.165, 1.54) is 0 Å². The van der Waals surface area contributed by atoms with Gasteiger partial charge in [-0.15, -0.1) is 0 Å². The third-order valence-corrected chi connectivity index (χ3v) is 4.87. The highest BCUT2D eigenvalue weighted by atomic mass is 19.4. The van der Waals surface area contributed by atoms with Gasteiger partial charge in [0.2, 0.25) is 0 Å². The first-order valence-electron chi connectivity index (χ1n) is 12.3. The van der Waals surface area contributed by atoms with Crippen LogP contribution in [0.1, 0.15) is 74.2 Å². The molecule has 0 atom stereocenters. The van der Waals surface area contributed by atoms with E-state index in [4.69, 9.17) is 9.84 Å². The number of carboxylic acids is 1. The van der Waals surface area contributed by atoms with E-state index < -0.39 is 35.0 Å². The third-order valence-electron chi connectivity index (χ3n) is 4.87. The summed E-state index contributed by atoms with van der Waals surface area (Å²) in [6.07, 6.45) is 25.7. The lowest BCUT2D eigenvalue weighted by Gasteiger charge is -2.11. The number of rotatable bonds is 16. The number of carbonyl (C=O) groups is 2. The highest BCUT2D eigenvalue weighted by Gasteiger charge is 2.32. The number of aromatic carboxylic acids is 1. The molecule has 0 spiro atoms. The van der Waals surface area contributed by atoms with Crippen molar-refractivity contribution in [2.45, 2.75) is 64.5 Å². The standard InChI is InChI=1S/C30H35F3O4/c1-2-3-4-5-6-7-8-9-10-11-12-13-14-15-16-17-18-19-20-21-28(34)37-27-24-25(30(31,32)33)22-23-26(27)29(35)36/h3-4,6-7,9-10,12-13,15-16,18-19,22-24H,2,5,8,11,14,17,20-21H2,1H3,(H,35,36). The van der Waals surface area contributed by atoms with E-state index >= 15 is 0 Å². The quantitative estimate of drug-likeness (QED) is 0.135. The molecular weight excluding hydrogens is 481 g/mol. The molecule has 1 aromatic carbocycles. The second-order valence-electron chi connectivity index (χ2n) is 7.94. The number of alkyl halides is 3. The number of halogens is 3. The second kappa shape index (κ2) is 18.6. The minimum Gasteiger partial charge on any atom is -0.478 e. The number of hydrogen-bond acceptors (Lipinski definition) is 3. The van der Waals surface area contributed by atoms with Gasteiger partial charge >= 0.3 is 18.1 Å². The third kappa shape index (κ3) is 15.2. The van der Waals surface area contributed by atoms with Crippen LogP contribution in [-0.4, -0.2) is 17.0 Å². The Bertz CT molecular complexity index is 1010.